The van der Waals surface area contributed by atoms with Gasteiger partial charge < -0.3 is 4.74 Å². The van der Waals surface area contributed by atoms with E-state index >= 15 is 0 Å². The number of carbonyl (C=O) groups excluding carboxylic acids is 1. The summed E-state index contributed by atoms with van der Waals surface area (Å²) in [6, 6.07) is 7.12. The second kappa shape index (κ2) is 10.7. The summed E-state index contributed by atoms with van der Waals surface area (Å²) in [6.45, 7) is 12.5. The van der Waals surface area contributed by atoms with Crippen molar-refractivity contribution in [3.63, 3.8) is 0 Å². The van der Waals surface area contributed by atoms with Gasteiger partial charge in [0.2, 0.25) is 0 Å². The maximum absolute atomic E-state index is 12.8. The highest BCUT2D eigenvalue weighted by molar-refractivity contribution is 6.30. The van der Waals surface area contributed by atoms with E-state index in [1.807, 2.05) is 6.07 Å². The van der Waals surface area contributed by atoms with Gasteiger partial charge in [0.15, 0.2) is 0 Å². The van der Waals surface area contributed by atoms with Crippen LogP contribution in [0.4, 0.5) is 0 Å². The number of rotatable bonds is 7. The van der Waals surface area contributed by atoms with E-state index in [-0.39, 0.29) is 17.5 Å². The molecule has 0 aliphatic heterocycles. The van der Waals surface area contributed by atoms with Gasteiger partial charge in [0.05, 0.1) is 5.56 Å². The van der Waals surface area contributed by atoms with E-state index in [1.54, 1.807) is 23.8 Å². The molecule has 3 heteroatoms. The molecule has 0 N–H and O–H groups in total. The maximum Gasteiger partial charge on any atom is 0.338 e. The highest BCUT2D eigenvalue weighted by Gasteiger charge is 2.59. The zero-order valence-electron chi connectivity index (χ0n) is 23.9. The van der Waals surface area contributed by atoms with Gasteiger partial charge in [-0.3, -0.25) is 0 Å². The van der Waals surface area contributed by atoms with E-state index < -0.39 is 0 Å². The number of fused-ring (bicyclic) bond motifs is 5. The Hall–Kier alpha value is -1.28. The molecular weight excluding hydrogens is 476 g/mol. The average molecular weight is 525 g/mol. The van der Waals surface area contributed by atoms with Crippen molar-refractivity contribution < 1.29 is 9.53 Å². The van der Waals surface area contributed by atoms with Gasteiger partial charge in [-0.15, -0.1) is 0 Å². The molecule has 1 aromatic carbocycles. The Morgan fingerprint density at radius 2 is 1.86 bits per heavy atom. The van der Waals surface area contributed by atoms with Gasteiger partial charge in [-0.2, -0.15) is 0 Å². The third kappa shape index (κ3) is 5.18. The number of ether oxygens (including phenoxy) is 1. The molecule has 8 atom stereocenters. The number of allylic oxidation sites excluding steroid dienone is 1. The predicted molar refractivity (Wildman–Crippen MR) is 154 cm³/mol. The Morgan fingerprint density at radius 3 is 2.62 bits per heavy atom. The minimum absolute atomic E-state index is 0.0150. The van der Waals surface area contributed by atoms with Crippen LogP contribution in [0.2, 0.25) is 5.02 Å². The van der Waals surface area contributed by atoms with Crippen molar-refractivity contribution in [3.8, 4) is 0 Å². The predicted octanol–water partition coefficient (Wildman–Crippen LogP) is 9.91. The van der Waals surface area contributed by atoms with E-state index in [0.29, 0.717) is 16.0 Å². The van der Waals surface area contributed by atoms with E-state index in [0.717, 1.165) is 54.8 Å². The monoisotopic (exact) mass is 524 g/mol. The van der Waals surface area contributed by atoms with Crippen LogP contribution in [0.5, 0.6) is 0 Å². The first-order valence-electron chi connectivity index (χ1n) is 15.3. The van der Waals surface area contributed by atoms with E-state index in [4.69, 9.17) is 16.3 Å². The van der Waals surface area contributed by atoms with Crippen LogP contribution in [-0.2, 0) is 4.74 Å². The molecule has 2 nitrogen and oxygen atoms in total. The largest absolute Gasteiger partial charge is 0.458 e. The molecule has 204 valence electrons. The first-order valence-corrected chi connectivity index (χ1v) is 15.7. The third-order valence-electron chi connectivity index (χ3n) is 11.6. The van der Waals surface area contributed by atoms with Gasteiger partial charge in [0.25, 0.3) is 0 Å². The van der Waals surface area contributed by atoms with Crippen LogP contribution in [0.1, 0.15) is 116 Å². The molecule has 0 bridgehead atoms. The average Bonchev–Trinajstić information content (AvgIpc) is 3.21. The molecule has 4 aliphatic rings. The van der Waals surface area contributed by atoms with Crippen LogP contribution in [-0.4, -0.2) is 12.1 Å². The van der Waals surface area contributed by atoms with Gasteiger partial charge in [-0.25, -0.2) is 4.79 Å². The zero-order valence-corrected chi connectivity index (χ0v) is 24.7. The number of hydrogen-bond donors (Lipinski definition) is 0. The van der Waals surface area contributed by atoms with Crippen molar-refractivity contribution in [2.45, 2.75) is 111 Å². The van der Waals surface area contributed by atoms with Gasteiger partial charge in [-0.1, -0.05) is 83.2 Å². The summed E-state index contributed by atoms with van der Waals surface area (Å²) in [5.74, 6) is 4.88. The number of benzene rings is 1. The van der Waals surface area contributed by atoms with Gasteiger partial charge in [0, 0.05) is 11.4 Å². The van der Waals surface area contributed by atoms with E-state index in [2.05, 4.69) is 40.7 Å². The van der Waals surface area contributed by atoms with Gasteiger partial charge >= 0.3 is 5.97 Å². The number of carbonyl (C=O) groups is 1. The lowest BCUT2D eigenvalue weighted by Gasteiger charge is -2.58. The van der Waals surface area contributed by atoms with Crippen molar-refractivity contribution in [2.24, 2.45) is 46.3 Å². The number of esters is 1. The Kier molecular flexibility index (Phi) is 7.90. The summed E-state index contributed by atoms with van der Waals surface area (Å²) in [5, 5.41) is 0.579. The first kappa shape index (κ1) is 27.3. The summed E-state index contributed by atoms with van der Waals surface area (Å²) in [5.41, 5.74) is 2.94. The molecule has 0 amide bonds. The van der Waals surface area contributed by atoms with Crippen LogP contribution in [0.15, 0.2) is 35.9 Å². The molecule has 0 heterocycles. The van der Waals surface area contributed by atoms with Crippen molar-refractivity contribution in [3.05, 3.63) is 46.5 Å². The molecule has 5 rings (SSSR count). The molecule has 0 aromatic heterocycles. The third-order valence-corrected chi connectivity index (χ3v) is 11.8. The van der Waals surface area contributed by atoms with Crippen LogP contribution in [0.3, 0.4) is 0 Å². The van der Waals surface area contributed by atoms with E-state index in [1.165, 1.54) is 51.4 Å². The standard InChI is InChI=1S/C34H49ClO2/c1-22(2)8-6-9-23(3)29-14-15-30-28-13-12-25-21-27(37-32(36)24-10-7-11-26(35)20-24)16-18-33(25,4)31(28)17-19-34(29,30)5/h7,10-12,20,22-23,27-31H,6,8-9,13-19,21H2,1-5H3. The summed E-state index contributed by atoms with van der Waals surface area (Å²) in [4.78, 5) is 12.8. The summed E-state index contributed by atoms with van der Waals surface area (Å²) < 4.78 is 6.00. The Labute approximate surface area is 231 Å². The minimum Gasteiger partial charge on any atom is -0.458 e. The first-order chi connectivity index (χ1) is 17.6. The molecule has 3 fully saturated rings. The molecule has 8 unspecified atom stereocenters. The second-order valence-corrected chi connectivity index (χ2v) is 14.5. The molecule has 37 heavy (non-hydrogen) atoms. The fourth-order valence-corrected chi connectivity index (χ4v) is 9.78. The summed E-state index contributed by atoms with van der Waals surface area (Å²) in [7, 11) is 0. The van der Waals surface area contributed by atoms with Crippen LogP contribution >= 0.6 is 11.6 Å². The molecule has 0 radical (unpaired) electrons. The van der Waals surface area contributed by atoms with Crippen molar-refractivity contribution >= 4 is 17.6 Å². The van der Waals surface area contributed by atoms with Crippen molar-refractivity contribution in [1.29, 1.82) is 0 Å². The lowest BCUT2D eigenvalue weighted by Crippen LogP contribution is -2.51. The quantitative estimate of drug-likeness (QED) is 0.262. The maximum atomic E-state index is 12.8. The molecule has 0 spiro atoms. The normalized spacial score (nSPS) is 37.8. The molecule has 0 saturated heterocycles. The number of halogens is 1. The van der Waals surface area contributed by atoms with E-state index in [9.17, 15) is 4.79 Å². The lowest BCUT2D eigenvalue weighted by atomic mass is 9.47. The molecular formula is C34H49ClO2. The fraction of sp³-hybridized carbons (Fsp3) is 0.735. The summed E-state index contributed by atoms with van der Waals surface area (Å²) in [6.07, 6.45) is 16.7. The smallest absolute Gasteiger partial charge is 0.338 e. The highest BCUT2D eigenvalue weighted by Crippen LogP contribution is 2.67. The zero-order chi connectivity index (χ0) is 26.4. The molecule has 4 aliphatic carbocycles. The van der Waals surface area contributed by atoms with Gasteiger partial charge in [0.1, 0.15) is 6.10 Å². The highest BCUT2D eigenvalue weighted by atomic mass is 35.5. The van der Waals surface area contributed by atoms with Gasteiger partial charge in [-0.05, 0) is 109 Å². The Bertz CT molecular complexity index is 1010. The van der Waals surface area contributed by atoms with Crippen molar-refractivity contribution in [1.82, 2.24) is 0 Å². The Balaban J connectivity index is 1.25. The van der Waals surface area contributed by atoms with Crippen LogP contribution in [0, 0.1) is 46.3 Å². The van der Waals surface area contributed by atoms with Crippen molar-refractivity contribution in [2.75, 3.05) is 0 Å². The molecule has 1 aromatic rings. The topological polar surface area (TPSA) is 26.3 Å². The molecule has 3 saturated carbocycles. The lowest BCUT2D eigenvalue weighted by molar-refractivity contribution is -0.0594. The van der Waals surface area contributed by atoms with Crippen LogP contribution in [0.25, 0.3) is 0 Å². The SMILES string of the molecule is CC(C)CCCC(C)C1CCC2C3CC=C4CC(OC(=O)c5cccc(Cl)c5)CCC4(C)C3CCC12C. The minimum atomic E-state index is -0.238. The Morgan fingerprint density at radius 1 is 1.05 bits per heavy atom. The number of hydrogen-bond acceptors (Lipinski definition) is 2. The second-order valence-electron chi connectivity index (χ2n) is 14.1. The fourth-order valence-electron chi connectivity index (χ4n) is 9.59. The summed E-state index contributed by atoms with van der Waals surface area (Å²) >= 11 is 6.10. The van der Waals surface area contributed by atoms with Crippen LogP contribution < -0.4 is 0 Å².